The SMILES string of the molecule is CN=C(N)OCC1CCCN1C. The van der Waals surface area contributed by atoms with Gasteiger partial charge in [0.15, 0.2) is 0 Å². The van der Waals surface area contributed by atoms with Gasteiger partial charge in [-0.1, -0.05) is 0 Å². The van der Waals surface area contributed by atoms with Gasteiger partial charge < -0.3 is 15.4 Å². The van der Waals surface area contributed by atoms with Crippen LogP contribution in [-0.2, 0) is 4.74 Å². The first-order valence-corrected chi connectivity index (χ1v) is 4.29. The first kappa shape index (κ1) is 9.32. The fourth-order valence-corrected chi connectivity index (χ4v) is 1.44. The van der Waals surface area contributed by atoms with Crippen molar-refractivity contribution in [2.45, 2.75) is 18.9 Å². The third kappa shape index (κ3) is 2.37. The van der Waals surface area contributed by atoms with E-state index < -0.39 is 0 Å². The van der Waals surface area contributed by atoms with Crippen molar-refractivity contribution < 1.29 is 4.74 Å². The van der Waals surface area contributed by atoms with Crippen LogP contribution >= 0.6 is 0 Å². The van der Waals surface area contributed by atoms with Crippen LogP contribution in [0, 0.1) is 0 Å². The van der Waals surface area contributed by atoms with Gasteiger partial charge in [-0.3, -0.25) is 0 Å². The molecule has 1 fully saturated rings. The summed E-state index contributed by atoms with van der Waals surface area (Å²) in [4.78, 5) is 6.02. The number of hydrogen-bond acceptors (Lipinski definition) is 3. The second-order valence-electron chi connectivity index (χ2n) is 3.15. The third-order valence-electron chi connectivity index (χ3n) is 2.32. The van der Waals surface area contributed by atoms with Crippen LogP contribution in [0.15, 0.2) is 4.99 Å². The summed E-state index contributed by atoms with van der Waals surface area (Å²) in [7, 11) is 3.74. The van der Waals surface area contributed by atoms with E-state index in [0.717, 1.165) is 6.54 Å². The number of ether oxygens (including phenoxy) is 1. The lowest BCUT2D eigenvalue weighted by molar-refractivity contribution is 0.188. The summed E-state index contributed by atoms with van der Waals surface area (Å²) in [6.07, 6.45) is 2.46. The molecular formula is C8H17N3O. The maximum absolute atomic E-state index is 5.41. The molecule has 0 radical (unpaired) electrons. The van der Waals surface area contributed by atoms with Crippen LogP contribution in [-0.4, -0.2) is 44.2 Å². The zero-order chi connectivity index (χ0) is 8.97. The Labute approximate surface area is 73.4 Å². The highest BCUT2D eigenvalue weighted by Gasteiger charge is 2.21. The van der Waals surface area contributed by atoms with Crippen molar-refractivity contribution in [1.29, 1.82) is 0 Å². The molecule has 1 atom stereocenters. The molecule has 1 unspecified atom stereocenters. The van der Waals surface area contributed by atoms with Gasteiger partial charge in [0.25, 0.3) is 6.02 Å². The van der Waals surface area contributed by atoms with Crippen LogP contribution in [0.3, 0.4) is 0 Å². The molecule has 2 N–H and O–H groups in total. The van der Waals surface area contributed by atoms with E-state index in [2.05, 4.69) is 16.9 Å². The topological polar surface area (TPSA) is 50.9 Å². The molecule has 1 heterocycles. The third-order valence-corrected chi connectivity index (χ3v) is 2.32. The Balaban J connectivity index is 2.22. The van der Waals surface area contributed by atoms with Crippen LogP contribution < -0.4 is 5.73 Å². The van der Waals surface area contributed by atoms with E-state index >= 15 is 0 Å². The molecule has 0 aromatic rings. The van der Waals surface area contributed by atoms with Crippen molar-refractivity contribution in [2.75, 3.05) is 27.2 Å². The van der Waals surface area contributed by atoms with Gasteiger partial charge in [0, 0.05) is 13.1 Å². The van der Waals surface area contributed by atoms with Gasteiger partial charge >= 0.3 is 0 Å². The van der Waals surface area contributed by atoms with E-state index in [0.29, 0.717) is 12.6 Å². The summed E-state index contributed by atoms with van der Waals surface area (Å²) in [5, 5.41) is 0. The molecule has 4 nitrogen and oxygen atoms in total. The van der Waals surface area contributed by atoms with Gasteiger partial charge in [-0.15, -0.1) is 0 Å². The van der Waals surface area contributed by atoms with Gasteiger partial charge in [-0.2, -0.15) is 0 Å². The molecule has 1 aliphatic rings. The summed E-state index contributed by atoms with van der Waals surface area (Å²) in [5.74, 6) is 0. The number of likely N-dealkylation sites (tertiary alicyclic amines) is 1. The van der Waals surface area contributed by atoms with Crippen molar-refractivity contribution in [1.82, 2.24) is 4.90 Å². The first-order valence-electron chi connectivity index (χ1n) is 4.29. The quantitative estimate of drug-likeness (QED) is 0.471. The Kier molecular flexibility index (Phi) is 3.34. The second-order valence-corrected chi connectivity index (χ2v) is 3.15. The van der Waals surface area contributed by atoms with E-state index in [4.69, 9.17) is 10.5 Å². The van der Waals surface area contributed by atoms with Crippen molar-refractivity contribution >= 4 is 6.02 Å². The zero-order valence-electron chi connectivity index (χ0n) is 7.79. The summed E-state index contributed by atoms with van der Waals surface area (Å²) >= 11 is 0. The van der Waals surface area contributed by atoms with Crippen molar-refractivity contribution in [3.05, 3.63) is 0 Å². The van der Waals surface area contributed by atoms with E-state index in [1.54, 1.807) is 7.05 Å². The van der Waals surface area contributed by atoms with E-state index in [1.165, 1.54) is 12.8 Å². The number of nitrogens with zero attached hydrogens (tertiary/aromatic N) is 2. The van der Waals surface area contributed by atoms with Crippen LogP contribution in [0.4, 0.5) is 0 Å². The zero-order valence-corrected chi connectivity index (χ0v) is 7.79. The Morgan fingerprint density at radius 1 is 1.75 bits per heavy atom. The Morgan fingerprint density at radius 2 is 2.50 bits per heavy atom. The summed E-state index contributed by atoms with van der Waals surface area (Å²) in [5.41, 5.74) is 5.41. The predicted molar refractivity (Wildman–Crippen MR) is 49.2 cm³/mol. The molecule has 70 valence electrons. The summed E-state index contributed by atoms with van der Waals surface area (Å²) in [6.45, 7) is 1.83. The fraction of sp³-hybridized carbons (Fsp3) is 0.875. The molecule has 0 bridgehead atoms. The molecule has 0 saturated carbocycles. The summed E-state index contributed by atoms with van der Waals surface area (Å²) < 4.78 is 5.23. The number of aliphatic imine (C=N–C) groups is 1. The molecule has 12 heavy (non-hydrogen) atoms. The van der Waals surface area contributed by atoms with Crippen LogP contribution in [0.2, 0.25) is 0 Å². The van der Waals surface area contributed by atoms with E-state index in [-0.39, 0.29) is 6.02 Å². The van der Waals surface area contributed by atoms with Crippen LogP contribution in [0.1, 0.15) is 12.8 Å². The lowest BCUT2D eigenvalue weighted by Gasteiger charge is -2.18. The number of amidine groups is 1. The molecule has 0 aliphatic carbocycles. The van der Waals surface area contributed by atoms with Crippen molar-refractivity contribution in [3.63, 3.8) is 0 Å². The molecule has 0 aromatic carbocycles. The minimum absolute atomic E-state index is 0.287. The van der Waals surface area contributed by atoms with Gasteiger partial charge in [-0.05, 0) is 26.4 Å². The standard InChI is InChI=1S/C8H17N3O/c1-10-8(9)12-6-7-4-3-5-11(7)2/h7H,3-6H2,1-2H3,(H2,9,10). The monoisotopic (exact) mass is 171 g/mol. The maximum atomic E-state index is 5.41. The van der Waals surface area contributed by atoms with E-state index in [9.17, 15) is 0 Å². The Morgan fingerprint density at radius 3 is 3.00 bits per heavy atom. The molecule has 0 amide bonds. The van der Waals surface area contributed by atoms with Gasteiger partial charge in [-0.25, -0.2) is 4.99 Å². The fourth-order valence-electron chi connectivity index (χ4n) is 1.44. The highest BCUT2D eigenvalue weighted by Crippen LogP contribution is 2.14. The smallest absolute Gasteiger partial charge is 0.281 e. The number of nitrogens with two attached hydrogens (primary N) is 1. The second kappa shape index (κ2) is 4.30. The highest BCUT2D eigenvalue weighted by atomic mass is 16.5. The van der Waals surface area contributed by atoms with E-state index in [1.807, 2.05) is 0 Å². The number of hydrogen-bond donors (Lipinski definition) is 1. The van der Waals surface area contributed by atoms with Crippen molar-refractivity contribution in [2.24, 2.45) is 10.7 Å². The lowest BCUT2D eigenvalue weighted by Crippen LogP contribution is -2.32. The average Bonchev–Trinajstić information content (AvgIpc) is 2.47. The molecular weight excluding hydrogens is 154 g/mol. The first-order chi connectivity index (χ1) is 5.74. The highest BCUT2D eigenvalue weighted by molar-refractivity contribution is 5.71. The Bertz CT molecular complexity index is 170. The minimum Gasteiger partial charge on any atom is -0.464 e. The van der Waals surface area contributed by atoms with Crippen molar-refractivity contribution in [3.8, 4) is 0 Å². The van der Waals surface area contributed by atoms with Crippen LogP contribution in [0.5, 0.6) is 0 Å². The van der Waals surface area contributed by atoms with Gasteiger partial charge in [0.2, 0.25) is 0 Å². The largest absolute Gasteiger partial charge is 0.464 e. The number of rotatable bonds is 2. The molecule has 0 aromatic heterocycles. The van der Waals surface area contributed by atoms with Gasteiger partial charge in [0.05, 0.1) is 0 Å². The Hall–Kier alpha value is -0.770. The predicted octanol–water partition coefficient (Wildman–Crippen LogP) is 0.0417. The molecule has 1 saturated heterocycles. The molecule has 4 heteroatoms. The molecule has 0 spiro atoms. The minimum atomic E-state index is 0.287. The number of likely N-dealkylation sites (N-methyl/N-ethyl adjacent to an activating group) is 1. The van der Waals surface area contributed by atoms with Crippen LogP contribution in [0.25, 0.3) is 0 Å². The van der Waals surface area contributed by atoms with Gasteiger partial charge in [0.1, 0.15) is 6.61 Å². The molecule has 1 aliphatic heterocycles. The lowest BCUT2D eigenvalue weighted by atomic mass is 10.2. The molecule has 1 rings (SSSR count). The normalized spacial score (nSPS) is 26.2. The maximum Gasteiger partial charge on any atom is 0.281 e. The average molecular weight is 171 g/mol. The summed E-state index contributed by atoms with van der Waals surface area (Å²) in [6, 6.07) is 0.806.